The number of hydrogen-bond donors (Lipinski definition) is 0. The molecule has 0 aliphatic heterocycles. The zero-order valence-corrected chi connectivity index (χ0v) is 9.35. The van der Waals surface area contributed by atoms with E-state index in [1.807, 2.05) is 0 Å². The van der Waals surface area contributed by atoms with Gasteiger partial charge >= 0.3 is 0 Å². The molecule has 0 heterocycles. The van der Waals surface area contributed by atoms with Crippen molar-refractivity contribution in [3.8, 4) is 0 Å². The van der Waals surface area contributed by atoms with Gasteiger partial charge in [-0.3, -0.25) is 0 Å². The number of aryl methyl sites for hydroxylation is 1. The van der Waals surface area contributed by atoms with Crippen molar-refractivity contribution in [3.63, 3.8) is 0 Å². The lowest BCUT2D eigenvalue weighted by atomic mass is 10.2. The highest BCUT2D eigenvalue weighted by atomic mass is 32.2. The molecule has 2 nitrogen and oxygen atoms in total. The van der Waals surface area contributed by atoms with Crippen molar-refractivity contribution < 1.29 is 12.8 Å². The van der Waals surface area contributed by atoms with Gasteiger partial charge in [-0.1, -0.05) is 6.07 Å². The molecule has 1 aromatic rings. The third kappa shape index (κ3) is 2.37. The van der Waals surface area contributed by atoms with Gasteiger partial charge in [0.05, 0.1) is 10.6 Å². The number of hydrogen-bond acceptors (Lipinski definition) is 2. The highest BCUT2D eigenvalue weighted by Gasteiger charge is 2.29. The molecule has 1 aromatic carbocycles. The molecule has 1 saturated carbocycles. The lowest BCUT2D eigenvalue weighted by molar-refractivity contribution is 0.586. The number of rotatable bonds is 3. The molecule has 0 unspecified atom stereocenters. The highest BCUT2D eigenvalue weighted by Crippen LogP contribution is 2.32. The van der Waals surface area contributed by atoms with Crippen LogP contribution in [0, 0.1) is 18.7 Å². The van der Waals surface area contributed by atoms with E-state index in [0.717, 1.165) is 18.9 Å². The van der Waals surface area contributed by atoms with Crippen molar-refractivity contribution in [1.29, 1.82) is 0 Å². The van der Waals surface area contributed by atoms with Crippen molar-refractivity contribution >= 4 is 9.84 Å². The normalized spacial score (nSPS) is 16.7. The lowest BCUT2D eigenvalue weighted by Crippen LogP contribution is -2.08. The molecular weight excluding hydrogens is 215 g/mol. The fraction of sp³-hybridized carbons (Fsp3) is 0.455. The molecule has 0 saturated heterocycles. The van der Waals surface area contributed by atoms with Crippen molar-refractivity contribution in [3.05, 3.63) is 29.6 Å². The summed E-state index contributed by atoms with van der Waals surface area (Å²) in [6.07, 6.45) is 1.96. The van der Waals surface area contributed by atoms with E-state index >= 15 is 0 Å². The fourth-order valence-electron chi connectivity index (χ4n) is 1.46. The summed E-state index contributed by atoms with van der Waals surface area (Å²) in [6.45, 7) is 1.62. The Hall–Kier alpha value is -0.900. The van der Waals surface area contributed by atoms with Crippen LogP contribution in [0.4, 0.5) is 4.39 Å². The van der Waals surface area contributed by atoms with Crippen LogP contribution >= 0.6 is 0 Å². The molecule has 0 aromatic heterocycles. The van der Waals surface area contributed by atoms with Gasteiger partial charge in [0.15, 0.2) is 9.84 Å². The van der Waals surface area contributed by atoms with Crippen molar-refractivity contribution in [2.75, 3.05) is 5.75 Å². The van der Waals surface area contributed by atoms with Gasteiger partial charge in [0.25, 0.3) is 0 Å². The molecule has 0 bridgehead atoms. The van der Waals surface area contributed by atoms with Crippen molar-refractivity contribution in [2.24, 2.45) is 5.92 Å². The zero-order chi connectivity index (χ0) is 11.1. The largest absolute Gasteiger partial charge is 0.224 e. The van der Waals surface area contributed by atoms with E-state index in [2.05, 4.69) is 0 Å². The van der Waals surface area contributed by atoms with Gasteiger partial charge in [-0.15, -0.1) is 0 Å². The van der Waals surface area contributed by atoms with E-state index in [1.54, 1.807) is 6.92 Å². The second kappa shape index (κ2) is 3.59. The topological polar surface area (TPSA) is 34.1 Å². The first-order valence-electron chi connectivity index (χ1n) is 4.98. The van der Waals surface area contributed by atoms with Gasteiger partial charge < -0.3 is 0 Å². The maximum absolute atomic E-state index is 13.2. The Labute approximate surface area is 89.0 Å². The summed E-state index contributed by atoms with van der Waals surface area (Å²) in [5.74, 6) is 0.00131. The van der Waals surface area contributed by atoms with Gasteiger partial charge in [0, 0.05) is 0 Å². The van der Waals surface area contributed by atoms with Crippen LogP contribution in [-0.2, 0) is 9.84 Å². The molecule has 1 aliphatic rings. The molecule has 0 atom stereocenters. The third-order valence-electron chi connectivity index (χ3n) is 2.65. The van der Waals surface area contributed by atoms with E-state index in [9.17, 15) is 12.8 Å². The van der Waals surface area contributed by atoms with Crippen LogP contribution in [0.3, 0.4) is 0 Å². The Morgan fingerprint density at radius 1 is 1.40 bits per heavy atom. The molecule has 82 valence electrons. The molecule has 0 amide bonds. The van der Waals surface area contributed by atoms with E-state index in [0.29, 0.717) is 11.5 Å². The first-order chi connectivity index (χ1) is 6.99. The Kier molecular flexibility index (Phi) is 2.54. The SMILES string of the molecule is Cc1ccc(S(=O)(=O)CC2CC2)cc1F. The van der Waals surface area contributed by atoms with Crippen LogP contribution in [0.5, 0.6) is 0 Å². The average Bonchev–Trinajstić information content (AvgIpc) is 2.92. The third-order valence-corrected chi connectivity index (χ3v) is 4.54. The Morgan fingerprint density at radius 2 is 2.07 bits per heavy atom. The van der Waals surface area contributed by atoms with Crippen LogP contribution in [0.15, 0.2) is 23.1 Å². The van der Waals surface area contributed by atoms with E-state index in [-0.39, 0.29) is 10.6 Å². The molecule has 1 aliphatic carbocycles. The molecule has 0 N–H and O–H groups in total. The second-order valence-electron chi connectivity index (χ2n) is 4.14. The van der Waals surface area contributed by atoms with Gasteiger partial charge in [-0.05, 0) is 43.4 Å². The van der Waals surface area contributed by atoms with Gasteiger partial charge in [-0.2, -0.15) is 0 Å². The minimum atomic E-state index is -3.28. The second-order valence-corrected chi connectivity index (χ2v) is 6.17. The molecule has 0 radical (unpaired) electrons. The summed E-state index contributed by atoms with van der Waals surface area (Å²) >= 11 is 0. The summed E-state index contributed by atoms with van der Waals surface area (Å²) in [5, 5.41) is 0. The highest BCUT2D eigenvalue weighted by molar-refractivity contribution is 7.91. The smallest absolute Gasteiger partial charge is 0.178 e. The summed E-state index contributed by atoms with van der Waals surface area (Å²) in [4.78, 5) is 0.109. The minimum absolute atomic E-state index is 0.109. The molecule has 2 rings (SSSR count). The summed E-state index contributed by atoms with van der Waals surface area (Å²) in [5.41, 5.74) is 0.473. The van der Waals surface area contributed by atoms with Crippen LogP contribution < -0.4 is 0 Å². The zero-order valence-electron chi connectivity index (χ0n) is 8.53. The van der Waals surface area contributed by atoms with E-state index < -0.39 is 15.7 Å². The fourth-order valence-corrected chi connectivity index (χ4v) is 3.16. The Morgan fingerprint density at radius 3 is 2.60 bits per heavy atom. The molecule has 0 spiro atoms. The van der Waals surface area contributed by atoms with Crippen molar-refractivity contribution in [2.45, 2.75) is 24.7 Å². The minimum Gasteiger partial charge on any atom is -0.224 e. The van der Waals surface area contributed by atoms with Gasteiger partial charge in [-0.25, -0.2) is 12.8 Å². The van der Waals surface area contributed by atoms with E-state index in [4.69, 9.17) is 0 Å². The van der Waals surface area contributed by atoms with Crippen molar-refractivity contribution in [1.82, 2.24) is 0 Å². The predicted octanol–water partition coefficient (Wildman–Crippen LogP) is 2.32. The molecular formula is C11H13FO2S. The maximum Gasteiger partial charge on any atom is 0.178 e. The van der Waals surface area contributed by atoms with Gasteiger partial charge in [0.1, 0.15) is 5.82 Å². The van der Waals surface area contributed by atoms with E-state index in [1.165, 1.54) is 12.1 Å². The monoisotopic (exact) mass is 228 g/mol. The predicted molar refractivity (Wildman–Crippen MR) is 55.9 cm³/mol. The first kappa shape index (κ1) is 10.6. The number of sulfone groups is 1. The number of halogens is 1. The maximum atomic E-state index is 13.2. The molecule has 4 heteroatoms. The molecule has 1 fully saturated rings. The van der Waals surface area contributed by atoms with Crippen LogP contribution in [-0.4, -0.2) is 14.2 Å². The van der Waals surface area contributed by atoms with Crippen LogP contribution in [0.1, 0.15) is 18.4 Å². The number of benzene rings is 1. The summed E-state index contributed by atoms with van der Waals surface area (Å²) in [7, 11) is -3.28. The Balaban J connectivity index is 2.31. The molecule has 15 heavy (non-hydrogen) atoms. The quantitative estimate of drug-likeness (QED) is 0.795. The van der Waals surface area contributed by atoms with Crippen LogP contribution in [0.25, 0.3) is 0 Å². The lowest BCUT2D eigenvalue weighted by Gasteiger charge is -2.04. The standard InChI is InChI=1S/C11H13FO2S/c1-8-2-5-10(6-11(8)12)15(13,14)7-9-3-4-9/h2,5-6,9H,3-4,7H2,1H3. The van der Waals surface area contributed by atoms with Crippen LogP contribution in [0.2, 0.25) is 0 Å². The first-order valence-corrected chi connectivity index (χ1v) is 6.63. The Bertz CT molecular complexity index is 475. The summed E-state index contributed by atoms with van der Waals surface area (Å²) < 4.78 is 36.8. The summed E-state index contributed by atoms with van der Waals surface area (Å²) in [6, 6.07) is 4.11. The van der Waals surface area contributed by atoms with Gasteiger partial charge in [0.2, 0.25) is 0 Å². The average molecular weight is 228 g/mol.